The van der Waals surface area contributed by atoms with Crippen LogP contribution in [0.4, 0.5) is 10.1 Å². The van der Waals surface area contributed by atoms with Gasteiger partial charge in [-0.25, -0.2) is 4.39 Å². The topological polar surface area (TPSA) is 55.1 Å². The summed E-state index contributed by atoms with van der Waals surface area (Å²) in [7, 11) is 0. The molecule has 112 valence electrons. The standard InChI is InChI=1S/C16H25FN2O/c1-4-8-16(11-18,9-5-2)15(20)19-14-10-13(17)7-6-12(14)3/h6-7,10H,4-5,8-9,11,18H2,1-3H3,(H,19,20). The fourth-order valence-corrected chi connectivity index (χ4v) is 2.59. The number of hydrogen-bond donors (Lipinski definition) is 2. The molecule has 0 aliphatic heterocycles. The number of halogens is 1. The van der Waals surface area contributed by atoms with E-state index >= 15 is 0 Å². The van der Waals surface area contributed by atoms with Crippen molar-refractivity contribution in [2.24, 2.45) is 11.1 Å². The Bertz CT molecular complexity index is 454. The molecule has 0 saturated carbocycles. The van der Waals surface area contributed by atoms with Crippen LogP contribution in [0, 0.1) is 18.2 Å². The van der Waals surface area contributed by atoms with Crippen LogP contribution in [0.1, 0.15) is 45.1 Å². The van der Waals surface area contributed by atoms with E-state index in [0.29, 0.717) is 12.2 Å². The number of hydrogen-bond acceptors (Lipinski definition) is 2. The lowest BCUT2D eigenvalue weighted by Gasteiger charge is -2.31. The van der Waals surface area contributed by atoms with Gasteiger partial charge < -0.3 is 11.1 Å². The zero-order valence-corrected chi connectivity index (χ0v) is 12.6. The fraction of sp³-hybridized carbons (Fsp3) is 0.562. The molecule has 0 aliphatic rings. The molecule has 0 unspecified atom stereocenters. The SMILES string of the molecule is CCCC(CN)(CCC)C(=O)Nc1cc(F)ccc1C. The van der Waals surface area contributed by atoms with Crippen molar-refractivity contribution < 1.29 is 9.18 Å². The maximum Gasteiger partial charge on any atom is 0.231 e. The van der Waals surface area contributed by atoms with Crippen LogP contribution >= 0.6 is 0 Å². The monoisotopic (exact) mass is 280 g/mol. The van der Waals surface area contributed by atoms with Crippen LogP contribution in [0.2, 0.25) is 0 Å². The van der Waals surface area contributed by atoms with Crippen LogP contribution in [-0.2, 0) is 4.79 Å². The van der Waals surface area contributed by atoms with E-state index in [4.69, 9.17) is 5.73 Å². The summed E-state index contributed by atoms with van der Waals surface area (Å²) in [4.78, 5) is 12.6. The summed E-state index contributed by atoms with van der Waals surface area (Å²) in [6.45, 7) is 6.25. The first-order valence-corrected chi connectivity index (χ1v) is 7.26. The Morgan fingerprint density at radius 1 is 1.30 bits per heavy atom. The summed E-state index contributed by atoms with van der Waals surface area (Å²) < 4.78 is 13.3. The molecule has 3 nitrogen and oxygen atoms in total. The van der Waals surface area contributed by atoms with Gasteiger partial charge in [-0.2, -0.15) is 0 Å². The molecule has 4 heteroatoms. The molecule has 0 saturated heterocycles. The normalized spacial score (nSPS) is 11.4. The minimum Gasteiger partial charge on any atom is -0.329 e. The van der Waals surface area contributed by atoms with Gasteiger partial charge in [0.15, 0.2) is 0 Å². The Hall–Kier alpha value is -1.42. The zero-order valence-electron chi connectivity index (χ0n) is 12.6. The number of nitrogens with two attached hydrogens (primary N) is 1. The summed E-state index contributed by atoms with van der Waals surface area (Å²) in [5, 5.41) is 2.85. The number of rotatable bonds is 7. The third-order valence-electron chi connectivity index (χ3n) is 3.78. The van der Waals surface area contributed by atoms with Crippen molar-refractivity contribution >= 4 is 11.6 Å². The van der Waals surface area contributed by atoms with E-state index in [0.717, 1.165) is 31.2 Å². The maximum atomic E-state index is 13.3. The van der Waals surface area contributed by atoms with Crippen molar-refractivity contribution in [3.8, 4) is 0 Å². The zero-order chi connectivity index (χ0) is 15.2. The number of aryl methyl sites for hydroxylation is 1. The Morgan fingerprint density at radius 3 is 2.40 bits per heavy atom. The van der Waals surface area contributed by atoms with Crippen molar-refractivity contribution in [2.75, 3.05) is 11.9 Å². The molecule has 1 aromatic rings. The molecule has 3 N–H and O–H groups in total. The van der Waals surface area contributed by atoms with E-state index in [1.807, 2.05) is 20.8 Å². The molecule has 0 aliphatic carbocycles. The number of amides is 1. The number of anilines is 1. The van der Waals surface area contributed by atoms with E-state index in [9.17, 15) is 9.18 Å². The number of carbonyl (C=O) groups is 1. The highest BCUT2D eigenvalue weighted by atomic mass is 19.1. The highest BCUT2D eigenvalue weighted by molar-refractivity contribution is 5.96. The van der Waals surface area contributed by atoms with Gasteiger partial charge in [0.05, 0.1) is 5.41 Å². The third-order valence-corrected chi connectivity index (χ3v) is 3.78. The number of benzene rings is 1. The first-order valence-electron chi connectivity index (χ1n) is 7.26. The van der Waals surface area contributed by atoms with Gasteiger partial charge in [-0.05, 0) is 37.5 Å². The third kappa shape index (κ3) is 3.79. The Labute approximate surface area is 120 Å². The van der Waals surface area contributed by atoms with E-state index in [1.54, 1.807) is 6.07 Å². The van der Waals surface area contributed by atoms with Gasteiger partial charge >= 0.3 is 0 Å². The summed E-state index contributed by atoms with van der Waals surface area (Å²) >= 11 is 0. The summed E-state index contributed by atoms with van der Waals surface area (Å²) in [6.07, 6.45) is 3.29. The Kier molecular flexibility index (Phi) is 6.14. The molecule has 1 amide bonds. The summed E-state index contributed by atoms with van der Waals surface area (Å²) in [6, 6.07) is 4.40. The molecule has 1 aromatic carbocycles. The molecule has 0 fully saturated rings. The van der Waals surface area contributed by atoms with Crippen molar-refractivity contribution in [1.82, 2.24) is 0 Å². The van der Waals surface area contributed by atoms with E-state index in [1.165, 1.54) is 12.1 Å². The van der Waals surface area contributed by atoms with Crippen molar-refractivity contribution in [3.05, 3.63) is 29.6 Å². The van der Waals surface area contributed by atoms with Gasteiger partial charge in [0.1, 0.15) is 5.82 Å². The molecular weight excluding hydrogens is 255 g/mol. The van der Waals surface area contributed by atoms with Crippen LogP contribution in [0.3, 0.4) is 0 Å². The second-order valence-electron chi connectivity index (χ2n) is 5.40. The van der Waals surface area contributed by atoms with E-state index in [2.05, 4.69) is 5.32 Å². The molecular formula is C16H25FN2O. The molecule has 0 aromatic heterocycles. The molecule has 0 heterocycles. The lowest BCUT2D eigenvalue weighted by atomic mass is 9.78. The summed E-state index contributed by atoms with van der Waals surface area (Å²) in [5.74, 6) is -0.451. The minimum absolute atomic E-state index is 0.0996. The second kappa shape index (κ2) is 7.39. The first kappa shape index (κ1) is 16.6. The minimum atomic E-state index is -0.553. The molecule has 20 heavy (non-hydrogen) atoms. The highest BCUT2D eigenvalue weighted by Gasteiger charge is 2.35. The van der Waals surface area contributed by atoms with Gasteiger partial charge in [-0.15, -0.1) is 0 Å². The average Bonchev–Trinajstić information content (AvgIpc) is 2.42. The van der Waals surface area contributed by atoms with Crippen LogP contribution in [0.5, 0.6) is 0 Å². The van der Waals surface area contributed by atoms with Crippen LogP contribution in [-0.4, -0.2) is 12.5 Å². The number of carbonyl (C=O) groups excluding carboxylic acids is 1. The predicted molar refractivity (Wildman–Crippen MR) is 81.1 cm³/mol. The van der Waals surface area contributed by atoms with Gasteiger partial charge in [0, 0.05) is 12.2 Å². The summed E-state index contributed by atoms with van der Waals surface area (Å²) in [5.41, 5.74) is 6.69. The molecule has 0 radical (unpaired) electrons. The average molecular weight is 280 g/mol. The predicted octanol–water partition coefficient (Wildman–Crippen LogP) is 3.62. The molecule has 0 spiro atoms. The lowest BCUT2D eigenvalue weighted by Crippen LogP contribution is -2.42. The lowest BCUT2D eigenvalue weighted by molar-refractivity contribution is -0.126. The number of nitrogens with one attached hydrogen (secondary N) is 1. The largest absolute Gasteiger partial charge is 0.329 e. The molecule has 0 atom stereocenters. The van der Waals surface area contributed by atoms with Crippen LogP contribution in [0.25, 0.3) is 0 Å². The van der Waals surface area contributed by atoms with E-state index < -0.39 is 5.41 Å². The van der Waals surface area contributed by atoms with Gasteiger partial charge in [-0.1, -0.05) is 32.8 Å². The smallest absolute Gasteiger partial charge is 0.231 e. The Balaban J connectivity index is 2.98. The van der Waals surface area contributed by atoms with Crippen molar-refractivity contribution in [3.63, 3.8) is 0 Å². The van der Waals surface area contributed by atoms with Crippen molar-refractivity contribution in [2.45, 2.75) is 46.5 Å². The molecule has 1 rings (SSSR count). The maximum absolute atomic E-state index is 13.3. The van der Waals surface area contributed by atoms with E-state index in [-0.39, 0.29) is 11.7 Å². The van der Waals surface area contributed by atoms with Gasteiger partial charge in [0.25, 0.3) is 0 Å². The fourth-order valence-electron chi connectivity index (χ4n) is 2.59. The van der Waals surface area contributed by atoms with Gasteiger partial charge in [0.2, 0.25) is 5.91 Å². The second-order valence-corrected chi connectivity index (χ2v) is 5.40. The quantitative estimate of drug-likeness (QED) is 0.801. The van der Waals surface area contributed by atoms with Crippen LogP contribution in [0.15, 0.2) is 18.2 Å². The first-order chi connectivity index (χ1) is 9.49. The van der Waals surface area contributed by atoms with Crippen molar-refractivity contribution in [1.29, 1.82) is 0 Å². The van der Waals surface area contributed by atoms with Crippen LogP contribution < -0.4 is 11.1 Å². The Morgan fingerprint density at radius 2 is 1.90 bits per heavy atom. The highest BCUT2D eigenvalue weighted by Crippen LogP contribution is 2.31. The van der Waals surface area contributed by atoms with Gasteiger partial charge in [-0.3, -0.25) is 4.79 Å². The molecule has 0 bridgehead atoms.